The van der Waals surface area contributed by atoms with Gasteiger partial charge in [-0.2, -0.15) is 5.26 Å². The Morgan fingerprint density at radius 2 is 2.12 bits per heavy atom. The number of hydrogen-bond acceptors (Lipinski definition) is 6. The lowest BCUT2D eigenvalue weighted by atomic mass is 9.90. The summed E-state index contributed by atoms with van der Waals surface area (Å²) >= 11 is 0. The van der Waals surface area contributed by atoms with Crippen molar-refractivity contribution in [3.63, 3.8) is 0 Å². The van der Waals surface area contributed by atoms with E-state index in [1.54, 1.807) is 14.0 Å². The monoisotopic (exact) mass is 357 g/mol. The first-order valence-electron chi connectivity index (χ1n) is 8.38. The van der Waals surface area contributed by atoms with Crippen molar-refractivity contribution in [2.75, 3.05) is 14.2 Å². The number of carbonyl (C=O) groups excluding carboxylic acids is 2. The lowest BCUT2D eigenvalue weighted by Gasteiger charge is -2.16. The molecule has 0 bridgehead atoms. The number of allylic oxidation sites excluding steroid dienone is 2. The first-order chi connectivity index (χ1) is 12.3. The number of ether oxygens (including phenoxy) is 3. The molecule has 1 aliphatic rings. The molecule has 0 aliphatic carbocycles. The molecule has 6 nitrogen and oxygen atoms in total. The van der Waals surface area contributed by atoms with Crippen molar-refractivity contribution in [1.29, 1.82) is 5.26 Å². The van der Waals surface area contributed by atoms with Crippen molar-refractivity contribution >= 4 is 11.9 Å². The van der Waals surface area contributed by atoms with Crippen molar-refractivity contribution in [2.24, 2.45) is 5.92 Å². The summed E-state index contributed by atoms with van der Waals surface area (Å²) in [5, 5.41) is 9.63. The lowest BCUT2D eigenvalue weighted by molar-refractivity contribution is -0.144. The van der Waals surface area contributed by atoms with Crippen LogP contribution in [0.15, 0.2) is 11.6 Å². The van der Waals surface area contributed by atoms with Crippen LogP contribution in [0.5, 0.6) is 5.75 Å². The summed E-state index contributed by atoms with van der Waals surface area (Å²) in [5.74, 6) is -0.373. The average molecular weight is 357 g/mol. The molecule has 1 aromatic carbocycles. The number of carbonyl (C=O) groups is 2. The summed E-state index contributed by atoms with van der Waals surface area (Å²) in [6.45, 7) is 5.75. The largest absolute Gasteiger partial charge is 0.496 e. The number of nitrogens with zero attached hydrogens (tertiary/aromatic N) is 1. The van der Waals surface area contributed by atoms with E-state index in [9.17, 15) is 14.9 Å². The van der Waals surface area contributed by atoms with Crippen LogP contribution >= 0.6 is 0 Å². The van der Waals surface area contributed by atoms with Crippen LogP contribution in [0.25, 0.3) is 0 Å². The summed E-state index contributed by atoms with van der Waals surface area (Å²) in [7, 11) is 2.92. The fourth-order valence-corrected chi connectivity index (χ4v) is 3.30. The van der Waals surface area contributed by atoms with Gasteiger partial charge in [-0.3, -0.25) is 4.79 Å². The predicted octanol–water partition coefficient (Wildman–Crippen LogP) is 3.23. The number of rotatable bonds is 6. The SMILES string of the molecule is COC(=O)[C@H](C)C/C(C)=C/Cc1c(C#N)c2c(c(C)c1OC)COC2=O. The Morgan fingerprint density at radius 1 is 1.42 bits per heavy atom. The fraction of sp³-hybridized carbons (Fsp3) is 0.450. The molecule has 138 valence electrons. The summed E-state index contributed by atoms with van der Waals surface area (Å²) in [5.41, 5.74) is 3.83. The minimum absolute atomic E-state index is 0.164. The van der Waals surface area contributed by atoms with Crippen LogP contribution in [0.3, 0.4) is 0 Å². The molecular formula is C20H23NO5. The topological polar surface area (TPSA) is 85.6 Å². The highest BCUT2D eigenvalue weighted by Gasteiger charge is 2.31. The number of methoxy groups -OCH3 is 2. The molecule has 6 heteroatoms. The molecule has 0 N–H and O–H groups in total. The van der Waals surface area contributed by atoms with E-state index < -0.39 is 5.97 Å². The number of cyclic esters (lactones) is 1. The molecule has 1 heterocycles. The molecule has 0 unspecified atom stereocenters. The smallest absolute Gasteiger partial charge is 0.340 e. The second-order valence-corrected chi connectivity index (χ2v) is 6.44. The Balaban J connectivity index is 2.41. The first kappa shape index (κ1) is 19.5. The summed E-state index contributed by atoms with van der Waals surface area (Å²) in [6.07, 6.45) is 2.93. The van der Waals surface area contributed by atoms with Crippen LogP contribution in [0.4, 0.5) is 0 Å². The highest BCUT2D eigenvalue weighted by atomic mass is 16.5. The zero-order chi connectivity index (χ0) is 19.4. The second-order valence-electron chi connectivity index (χ2n) is 6.44. The van der Waals surface area contributed by atoms with Gasteiger partial charge in [-0.25, -0.2) is 4.79 Å². The van der Waals surface area contributed by atoms with Gasteiger partial charge in [0.2, 0.25) is 0 Å². The van der Waals surface area contributed by atoms with Gasteiger partial charge in [-0.1, -0.05) is 18.6 Å². The summed E-state index contributed by atoms with van der Waals surface area (Å²) < 4.78 is 15.4. The Kier molecular flexibility index (Phi) is 6.04. The number of fused-ring (bicyclic) bond motifs is 1. The molecule has 0 radical (unpaired) electrons. The van der Waals surface area contributed by atoms with Crippen LogP contribution in [0.1, 0.15) is 52.9 Å². The highest BCUT2D eigenvalue weighted by Crippen LogP contribution is 2.37. The van der Waals surface area contributed by atoms with Gasteiger partial charge in [0.15, 0.2) is 0 Å². The Morgan fingerprint density at radius 3 is 2.69 bits per heavy atom. The minimum atomic E-state index is -0.469. The highest BCUT2D eigenvalue weighted by molar-refractivity contribution is 5.97. The third kappa shape index (κ3) is 3.57. The van der Waals surface area contributed by atoms with E-state index in [4.69, 9.17) is 14.2 Å². The third-order valence-electron chi connectivity index (χ3n) is 4.67. The molecule has 0 saturated carbocycles. The van der Waals surface area contributed by atoms with Gasteiger partial charge in [0.25, 0.3) is 0 Å². The molecule has 0 aromatic heterocycles. The molecule has 0 saturated heterocycles. The lowest BCUT2D eigenvalue weighted by Crippen LogP contribution is -2.13. The minimum Gasteiger partial charge on any atom is -0.496 e. The van der Waals surface area contributed by atoms with Crippen molar-refractivity contribution in [3.8, 4) is 11.8 Å². The van der Waals surface area contributed by atoms with E-state index in [1.807, 2.05) is 19.9 Å². The molecule has 0 spiro atoms. The predicted molar refractivity (Wildman–Crippen MR) is 94.8 cm³/mol. The van der Waals surface area contributed by atoms with Crippen molar-refractivity contribution in [3.05, 3.63) is 39.5 Å². The molecule has 2 rings (SSSR count). The van der Waals surface area contributed by atoms with E-state index in [0.29, 0.717) is 40.8 Å². The van der Waals surface area contributed by atoms with E-state index >= 15 is 0 Å². The van der Waals surface area contributed by atoms with Crippen LogP contribution in [0, 0.1) is 24.2 Å². The van der Waals surface area contributed by atoms with Gasteiger partial charge in [0.1, 0.15) is 18.4 Å². The Hall–Kier alpha value is -2.81. The van der Waals surface area contributed by atoms with Gasteiger partial charge >= 0.3 is 11.9 Å². The van der Waals surface area contributed by atoms with Gasteiger partial charge in [0.05, 0.1) is 31.3 Å². The molecule has 1 aromatic rings. The normalized spacial score (nSPS) is 14.3. The standard InChI is InChI=1S/C20H23NO5/c1-11(8-12(2)19(22)25-5)6-7-14-15(9-21)17-16(10-26-20(17)23)13(3)18(14)24-4/h6,12H,7-8,10H2,1-5H3/b11-6+/t12-/m1/s1. The molecule has 1 aliphatic heterocycles. The van der Waals surface area contributed by atoms with Gasteiger partial charge in [-0.15, -0.1) is 0 Å². The maximum Gasteiger partial charge on any atom is 0.340 e. The number of hydrogen-bond donors (Lipinski definition) is 0. The molecular weight excluding hydrogens is 334 g/mol. The Labute approximate surface area is 153 Å². The molecule has 0 amide bonds. The maximum atomic E-state index is 12.1. The molecule has 0 fully saturated rings. The quantitative estimate of drug-likeness (QED) is 0.574. The summed E-state index contributed by atoms with van der Waals surface area (Å²) in [4.78, 5) is 23.6. The van der Waals surface area contributed by atoms with E-state index in [1.165, 1.54) is 7.11 Å². The van der Waals surface area contributed by atoms with Crippen molar-refractivity contribution in [1.82, 2.24) is 0 Å². The Bertz CT molecular complexity index is 817. The summed E-state index contributed by atoms with van der Waals surface area (Å²) in [6, 6.07) is 2.14. The van der Waals surface area contributed by atoms with Crippen molar-refractivity contribution < 1.29 is 23.8 Å². The van der Waals surface area contributed by atoms with Crippen molar-refractivity contribution in [2.45, 2.75) is 40.2 Å². The molecule has 26 heavy (non-hydrogen) atoms. The second kappa shape index (κ2) is 8.05. The first-order valence-corrected chi connectivity index (χ1v) is 8.38. The average Bonchev–Trinajstić information content (AvgIpc) is 3.01. The maximum absolute atomic E-state index is 12.1. The van der Waals surface area contributed by atoms with E-state index in [2.05, 4.69) is 6.07 Å². The number of nitriles is 1. The van der Waals surface area contributed by atoms with Gasteiger partial charge < -0.3 is 14.2 Å². The number of esters is 2. The zero-order valence-corrected chi connectivity index (χ0v) is 15.8. The van der Waals surface area contributed by atoms with Crippen LogP contribution < -0.4 is 4.74 Å². The van der Waals surface area contributed by atoms with Crippen LogP contribution in [-0.2, 0) is 27.3 Å². The van der Waals surface area contributed by atoms with Crippen LogP contribution in [-0.4, -0.2) is 26.2 Å². The fourth-order valence-electron chi connectivity index (χ4n) is 3.30. The number of benzene rings is 1. The van der Waals surface area contributed by atoms with E-state index in [0.717, 1.165) is 11.1 Å². The zero-order valence-electron chi connectivity index (χ0n) is 15.8. The van der Waals surface area contributed by atoms with Crippen LogP contribution in [0.2, 0.25) is 0 Å². The van der Waals surface area contributed by atoms with E-state index in [-0.39, 0.29) is 18.5 Å². The van der Waals surface area contributed by atoms with Gasteiger partial charge in [-0.05, 0) is 32.3 Å². The molecule has 1 atom stereocenters. The third-order valence-corrected chi connectivity index (χ3v) is 4.67. The van der Waals surface area contributed by atoms with Gasteiger partial charge in [0, 0.05) is 11.1 Å².